The average molecular weight is 506 g/mol. The van der Waals surface area contributed by atoms with Crippen LogP contribution in [0.5, 0.6) is 0 Å². The topological polar surface area (TPSA) is 35.9 Å². The maximum absolute atomic E-state index is 13.7. The van der Waals surface area contributed by atoms with Crippen LogP contribution < -0.4 is 4.90 Å². The van der Waals surface area contributed by atoms with Gasteiger partial charge in [-0.3, -0.25) is 9.69 Å². The molecule has 7 heteroatoms. The summed E-state index contributed by atoms with van der Waals surface area (Å²) in [5.41, 5.74) is 5.39. The molecule has 2 heterocycles. The number of benzene rings is 3. The van der Waals surface area contributed by atoms with E-state index in [1.807, 2.05) is 54.4 Å². The summed E-state index contributed by atoms with van der Waals surface area (Å²) in [5, 5.41) is 2.32. The van der Waals surface area contributed by atoms with Gasteiger partial charge in [0.25, 0.3) is 5.91 Å². The number of carbonyl (C=O) groups excluding carboxylic acids is 1. The molecule has 1 amide bonds. The number of hydrogen-bond donors (Lipinski definition) is 0. The largest absolute Gasteiger partial charge is 0.337 e. The fraction of sp³-hybridized carbons (Fsp3) is 0.185. The number of aryl methyl sites for hydroxylation is 2. The summed E-state index contributed by atoms with van der Waals surface area (Å²) in [4.78, 5) is 24.4. The van der Waals surface area contributed by atoms with E-state index in [-0.39, 0.29) is 5.91 Å². The van der Waals surface area contributed by atoms with Gasteiger partial charge < -0.3 is 4.90 Å². The molecular weight excluding hydrogens is 482 g/mol. The second-order valence-electron chi connectivity index (χ2n) is 8.39. The highest BCUT2D eigenvalue weighted by atomic mass is 35.5. The predicted molar refractivity (Wildman–Crippen MR) is 145 cm³/mol. The van der Waals surface area contributed by atoms with Gasteiger partial charge in [-0.05, 0) is 67.4 Å². The number of thioether (sulfide) groups is 2. The quantitative estimate of drug-likeness (QED) is 0.352. The van der Waals surface area contributed by atoms with Gasteiger partial charge in [0, 0.05) is 23.5 Å². The van der Waals surface area contributed by atoms with Crippen molar-refractivity contribution < 1.29 is 4.79 Å². The van der Waals surface area contributed by atoms with E-state index in [2.05, 4.69) is 43.0 Å². The predicted octanol–water partition coefficient (Wildman–Crippen LogP) is 7.17. The number of fused-ring (bicyclic) bond motifs is 1. The van der Waals surface area contributed by atoms with Gasteiger partial charge in [0.15, 0.2) is 5.17 Å². The van der Waals surface area contributed by atoms with Crippen LogP contribution >= 0.6 is 35.1 Å². The molecule has 0 atom stereocenters. The Kier molecular flexibility index (Phi) is 6.47. The van der Waals surface area contributed by atoms with E-state index in [0.29, 0.717) is 16.5 Å². The molecular formula is C27H24ClN3OS2. The molecule has 34 heavy (non-hydrogen) atoms. The highest BCUT2D eigenvalue weighted by Gasteiger charge is 2.39. The lowest BCUT2D eigenvalue weighted by molar-refractivity contribution is -0.122. The van der Waals surface area contributed by atoms with Crippen LogP contribution in [0, 0.1) is 13.8 Å². The van der Waals surface area contributed by atoms with Gasteiger partial charge in [0.1, 0.15) is 4.91 Å². The second-order valence-corrected chi connectivity index (χ2v) is 10.8. The summed E-state index contributed by atoms with van der Waals surface area (Å²) in [6.07, 6.45) is 0.764. The summed E-state index contributed by atoms with van der Waals surface area (Å²) >= 11 is 9.30. The molecule has 3 aromatic rings. The third-order valence-electron chi connectivity index (χ3n) is 5.89. The van der Waals surface area contributed by atoms with Crippen molar-refractivity contribution in [3.8, 4) is 0 Å². The molecule has 0 N–H and O–H groups in total. The van der Waals surface area contributed by atoms with Gasteiger partial charge in [0.05, 0.1) is 16.4 Å². The highest BCUT2D eigenvalue weighted by Crippen LogP contribution is 2.50. The Bertz CT molecular complexity index is 1340. The zero-order valence-electron chi connectivity index (χ0n) is 19.2. The molecule has 3 aromatic carbocycles. The number of carbonyl (C=O) groups is 1. The van der Waals surface area contributed by atoms with Crippen LogP contribution in [0.25, 0.3) is 0 Å². The van der Waals surface area contributed by atoms with Crippen molar-refractivity contribution in [2.24, 2.45) is 4.99 Å². The Hall–Kier alpha value is -2.67. The first kappa shape index (κ1) is 23.1. The zero-order valence-corrected chi connectivity index (χ0v) is 21.6. The van der Waals surface area contributed by atoms with E-state index >= 15 is 0 Å². The summed E-state index contributed by atoms with van der Waals surface area (Å²) in [7, 11) is 1.99. The summed E-state index contributed by atoms with van der Waals surface area (Å²) in [5.74, 6) is -0.00213. The van der Waals surface area contributed by atoms with E-state index < -0.39 is 0 Å². The molecule has 2 aliphatic heterocycles. The van der Waals surface area contributed by atoms with Crippen molar-refractivity contribution in [2.45, 2.75) is 25.2 Å². The summed E-state index contributed by atoms with van der Waals surface area (Å²) in [6, 6.07) is 22.3. The fourth-order valence-corrected chi connectivity index (χ4v) is 6.56. The van der Waals surface area contributed by atoms with Crippen LogP contribution in [0.1, 0.15) is 16.7 Å². The van der Waals surface area contributed by atoms with Crippen LogP contribution in [0.3, 0.4) is 0 Å². The van der Waals surface area contributed by atoms with Crippen LogP contribution in [0.4, 0.5) is 11.4 Å². The van der Waals surface area contributed by atoms with Crippen LogP contribution in [-0.2, 0) is 11.2 Å². The summed E-state index contributed by atoms with van der Waals surface area (Å²) < 4.78 is 0. The number of rotatable bonds is 4. The van der Waals surface area contributed by atoms with E-state index in [4.69, 9.17) is 16.6 Å². The van der Waals surface area contributed by atoms with Crippen LogP contribution in [0.2, 0.25) is 5.02 Å². The maximum atomic E-state index is 13.7. The smallest absolute Gasteiger partial charge is 0.269 e. The minimum atomic E-state index is -0.00213. The first-order valence-electron chi connectivity index (χ1n) is 11.1. The van der Waals surface area contributed by atoms with Crippen molar-refractivity contribution in [3.05, 3.63) is 98.4 Å². The van der Waals surface area contributed by atoms with Gasteiger partial charge in [-0.1, -0.05) is 71.4 Å². The molecule has 1 fully saturated rings. The number of anilines is 1. The minimum Gasteiger partial charge on any atom is -0.337 e. The molecule has 1 saturated heterocycles. The molecule has 0 unspecified atom stereocenters. The Morgan fingerprint density at radius 1 is 0.971 bits per heavy atom. The second kappa shape index (κ2) is 9.53. The van der Waals surface area contributed by atoms with Gasteiger partial charge in [-0.15, -0.1) is 0 Å². The number of amidine groups is 1. The van der Waals surface area contributed by atoms with Crippen molar-refractivity contribution in [2.75, 3.05) is 18.5 Å². The minimum absolute atomic E-state index is 0.00213. The lowest BCUT2D eigenvalue weighted by atomic mass is 10.1. The van der Waals surface area contributed by atoms with Crippen LogP contribution in [0.15, 0.2) is 86.6 Å². The average Bonchev–Trinajstić information content (AvgIpc) is 3.31. The number of nitrogens with zero attached hydrogens (tertiary/aromatic N) is 3. The van der Waals surface area contributed by atoms with E-state index in [1.165, 1.54) is 22.9 Å². The number of hydrogen-bond acceptors (Lipinski definition) is 5. The van der Waals surface area contributed by atoms with E-state index in [0.717, 1.165) is 38.5 Å². The fourth-order valence-electron chi connectivity index (χ4n) is 4.05. The van der Waals surface area contributed by atoms with Gasteiger partial charge >= 0.3 is 0 Å². The van der Waals surface area contributed by atoms with Crippen LogP contribution in [-0.4, -0.2) is 29.6 Å². The molecule has 0 saturated carbocycles. The lowest BCUT2D eigenvalue weighted by Crippen LogP contribution is -2.31. The molecule has 0 aliphatic carbocycles. The normalized spacial score (nSPS) is 18.8. The number of amides is 1. The Morgan fingerprint density at radius 3 is 2.53 bits per heavy atom. The number of halogens is 1. The molecule has 0 spiro atoms. The standard InChI is InChI=1S/C27H24ClN3OS2/c1-17-9-11-21(18(2)15-17)29-27-31(14-13-19-7-5-4-6-8-19)25(32)24(34-27)26-30(3)22-16-20(28)10-12-23(22)33-26/h4-12,15-16H,13-14H2,1-3H3/b26-24-,29-27?. The SMILES string of the molecule is Cc1ccc(N=C2S/C(=C3\Sc4ccc(Cl)cc4N3C)C(=O)N2CCc2ccccc2)c(C)c1. The van der Waals surface area contributed by atoms with E-state index in [9.17, 15) is 4.79 Å². The molecule has 5 rings (SSSR count). The molecule has 0 bridgehead atoms. The van der Waals surface area contributed by atoms with Gasteiger partial charge in [-0.2, -0.15) is 0 Å². The Labute approximate surface area is 213 Å². The third-order valence-corrected chi connectivity index (χ3v) is 8.55. The molecule has 2 aliphatic rings. The highest BCUT2D eigenvalue weighted by molar-refractivity contribution is 8.19. The van der Waals surface area contributed by atoms with Crippen molar-refractivity contribution in [3.63, 3.8) is 0 Å². The first-order chi connectivity index (χ1) is 16.4. The van der Waals surface area contributed by atoms with Crippen molar-refractivity contribution >= 4 is 57.6 Å². The van der Waals surface area contributed by atoms with E-state index in [1.54, 1.807) is 11.8 Å². The Morgan fingerprint density at radius 2 is 1.76 bits per heavy atom. The zero-order chi connectivity index (χ0) is 23.8. The molecule has 4 nitrogen and oxygen atoms in total. The lowest BCUT2D eigenvalue weighted by Gasteiger charge is -2.17. The van der Waals surface area contributed by atoms with Gasteiger partial charge in [0.2, 0.25) is 0 Å². The van der Waals surface area contributed by atoms with Gasteiger partial charge in [-0.25, -0.2) is 4.99 Å². The maximum Gasteiger partial charge on any atom is 0.269 e. The van der Waals surface area contributed by atoms with Crippen molar-refractivity contribution in [1.29, 1.82) is 0 Å². The summed E-state index contributed by atoms with van der Waals surface area (Å²) in [6.45, 7) is 4.70. The first-order valence-corrected chi connectivity index (χ1v) is 13.1. The molecule has 0 radical (unpaired) electrons. The third kappa shape index (κ3) is 4.50. The molecule has 172 valence electrons. The Balaban J connectivity index is 1.52. The van der Waals surface area contributed by atoms with Crippen molar-refractivity contribution in [1.82, 2.24) is 4.90 Å². The molecule has 0 aromatic heterocycles. The number of aliphatic imine (C=N–C) groups is 1. The monoisotopic (exact) mass is 505 g/mol.